The Balaban J connectivity index is 2.27. The number of ether oxygens (including phenoxy) is 1. The molecule has 0 unspecified atom stereocenters. The van der Waals surface area contributed by atoms with Crippen LogP contribution in [0.4, 0.5) is 5.69 Å². The lowest BCUT2D eigenvalue weighted by atomic mass is 10.2. The Kier molecular flexibility index (Phi) is 4.83. The molecule has 2 N–H and O–H groups in total. The molecule has 0 amide bonds. The van der Waals surface area contributed by atoms with E-state index in [0.29, 0.717) is 16.8 Å². The summed E-state index contributed by atoms with van der Waals surface area (Å²) in [5.41, 5.74) is -0.0156. The van der Waals surface area contributed by atoms with Crippen LogP contribution in [0.1, 0.15) is 10.4 Å². The SMILES string of the molecule is O=C(O)c1cc(I)ccc1NS(=O)(=O)N1CCOCC1. The summed E-state index contributed by atoms with van der Waals surface area (Å²) in [7, 11) is -3.77. The summed E-state index contributed by atoms with van der Waals surface area (Å²) in [5, 5.41) is 9.13. The predicted octanol–water partition coefficient (Wildman–Crippen LogP) is 0.978. The van der Waals surface area contributed by atoms with Crippen LogP contribution in [0, 0.1) is 3.57 Å². The number of hydrogen-bond donors (Lipinski definition) is 2. The molecule has 1 aliphatic heterocycles. The third-order valence-corrected chi connectivity index (χ3v) is 4.95. The number of anilines is 1. The average molecular weight is 412 g/mol. The van der Waals surface area contributed by atoms with Gasteiger partial charge in [0.2, 0.25) is 0 Å². The number of nitrogens with one attached hydrogen (secondary N) is 1. The van der Waals surface area contributed by atoms with Crippen molar-refractivity contribution in [1.82, 2.24) is 4.31 Å². The van der Waals surface area contributed by atoms with E-state index in [-0.39, 0.29) is 24.3 Å². The first-order valence-corrected chi connectivity index (χ1v) is 8.30. The van der Waals surface area contributed by atoms with Crippen LogP contribution in [-0.4, -0.2) is 50.1 Å². The monoisotopic (exact) mass is 412 g/mol. The Morgan fingerprint density at radius 3 is 2.60 bits per heavy atom. The highest BCUT2D eigenvalue weighted by atomic mass is 127. The Labute approximate surface area is 130 Å². The van der Waals surface area contributed by atoms with E-state index in [2.05, 4.69) is 4.72 Å². The van der Waals surface area contributed by atoms with Crippen LogP contribution in [0.2, 0.25) is 0 Å². The Bertz CT molecular complexity index is 613. The van der Waals surface area contributed by atoms with Crippen LogP contribution < -0.4 is 4.72 Å². The lowest BCUT2D eigenvalue weighted by Crippen LogP contribution is -2.43. The molecule has 1 aromatic carbocycles. The molecule has 0 radical (unpaired) electrons. The van der Waals surface area contributed by atoms with Crippen molar-refractivity contribution in [2.75, 3.05) is 31.0 Å². The van der Waals surface area contributed by atoms with E-state index in [0.717, 1.165) is 0 Å². The zero-order valence-corrected chi connectivity index (χ0v) is 13.3. The molecule has 2 rings (SSSR count). The van der Waals surface area contributed by atoms with Crippen molar-refractivity contribution < 1.29 is 23.1 Å². The second-order valence-electron chi connectivity index (χ2n) is 4.11. The van der Waals surface area contributed by atoms with Crippen LogP contribution in [0.15, 0.2) is 18.2 Å². The zero-order valence-electron chi connectivity index (χ0n) is 10.4. The third kappa shape index (κ3) is 3.59. The molecule has 1 saturated heterocycles. The molecule has 0 saturated carbocycles. The van der Waals surface area contributed by atoms with Gasteiger partial charge in [0.05, 0.1) is 24.5 Å². The van der Waals surface area contributed by atoms with E-state index >= 15 is 0 Å². The molecule has 7 nitrogen and oxygen atoms in total. The van der Waals surface area contributed by atoms with E-state index in [1.54, 1.807) is 6.07 Å². The number of carboxylic acids is 1. The van der Waals surface area contributed by atoms with E-state index in [4.69, 9.17) is 9.84 Å². The number of carboxylic acid groups (broad SMARTS) is 1. The first-order chi connectivity index (χ1) is 9.40. The molecular weight excluding hydrogens is 399 g/mol. The average Bonchev–Trinajstić information content (AvgIpc) is 2.41. The molecule has 110 valence electrons. The van der Waals surface area contributed by atoms with Crippen molar-refractivity contribution in [1.29, 1.82) is 0 Å². The Morgan fingerprint density at radius 1 is 1.35 bits per heavy atom. The van der Waals surface area contributed by atoms with Gasteiger partial charge in [-0.15, -0.1) is 0 Å². The topological polar surface area (TPSA) is 95.9 Å². The maximum Gasteiger partial charge on any atom is 0.337 e. The molecule has 0 bridgehead atoms. The normalized spacial score (nSPS) is 16.9. The summed E-state index contributed by atoms with van der Waals surface area (Å²) in [6, 6.07) is 4.51. The molecule has 1 heterocycles. The van der Waals surface area contributed by atoms with Gasteiger partial charge in [-0.1, -0.05) is 0 Å². The van der Waals surface area contributed by atoms with Gasteiger partial charge in [0.25, 0.3) is 0 Å². The molecule has 1 aromatic rings. The molecule has 9 heteroatoms. The van der Waals surface area contributed by atoms with Crippen molar-refractivity contribution in [3.8, 4) is 0 Å². The standard InChI is InChI=1S/C11H13IN2O5S/c12-8-1-2-10(9(7-8)11(15)16)13-20(17,18)14-3-5-19-6-4-14/h1-2,7,13H,3-6H2,(H,15,16). The molecule has 0 aliphatic carbocycles. The maximum atomic E-state index is 12.2. The highest BCUT2D eigenvalue weighted by molar-refractivity contribution is 14.1. The Morgan fingerprint density at radius 2 is 2.00 bits per heavy atom. The zero-order chi connectivity index (χ0) is 14.8. The van der Waals surface area contributed by atoms with Crippen LogP contribution >= 0.6 is 22.6 Å². The maximum absolute atomic E-state index is 12.2. The highest BCUT2D eigenvalue weighted by Crippen LogP contribution is 2.21. The van der Waals surface area contributed by atoms with Gasteiger partial charge in [0.1, 0.15) is 0 Å². The minimum Gasteiger partial charge on any atom is -0.478 e. The van der Waals surface area contributed by atoms with Crippen molar-refractivity contribution in [2.24, 2.45) is 0 Å². The van der Waals surface area contributed by atoms with Crippen LogP contribution in [0.5, 0.6) is 0 Å². The third-order valence-electron chi connectivity index (χ3n) is 2.76. The van der Waals surface area contributed by atoms with Gasteiger partial charge in [-0.3, -0.25) is 4.72 Å². The molecule has 1 aliphatic rings. The van der Waals surface area contributed by atoms with Gasteiger partial charge in [-0.25, -0.2) is 4.79 Å². The molecule has 0 atom stereocenters. The first kappa shape index (κ1) is 15.5. The Hall–Kier alpha value is -0.910. The fourth-order valence-corrected chi connectivity index (χ4v) is 3.48. The van der Waals surface area contributed by atoms with Gasteiger partial charge in [-0.2, -0.15) is 12.7 Å². The summed E-state index contributed by atoms with van der Waals surface area (Å²) in [6.07, 6.45) is 0. The number of rotatable bonds is 4. The lowest BCUT2D eigenvalue weighted by Gasteiger charge is -2.26. The number of aromatic carboxylic acids is 1. The molecular formula is C11H13IN2O5S. The summed E-state index contributed by atoms with van der Waals surface area (Å²) in [5.74, 6) is -1.18. The number of carbonyl (C=O) groups is 1. The highest BCUT2D eigenvalue weighted by Gasteiger charge is 2.25. The van der Waals surface area contributed by atoms with Gasteiger partial charge >= 0.3 is 16.2 Å². The van der Waals surface area contributed by atoms with Crippen molar-refractivity contribution in [3.05, 3.63) is 27.3 Å². The van der Waals surface area contributed by atoms with Crippen LogP contribution in [0.25, 0.3) is 0 Å². The van der Waals surface area contributed by atoms with E-state index in [1.807, 2.05) is 22.6 Å². The van der Waals surface area contributed by atoms with Gasteiger partial charge < -0.3 is 9.84 Å². The molecule has 0 aromatic heterocycles. The number of benzene rings is 1. The largest absolute Gasteiger partial charge is 0.478 e. The summed E-state index contributed by atoms with van der Waals surface area (Å²) in [6.45, 7) is 1.17. The minimum atomic E-state index is -3.77. The van der Waals surface area contributed by atoms with Crippen molar-refractivity contribution in [2.45, 2.75) is 0 Å². The van der Waals surface area contributed by atoms with Crippen LogP contribution in [0.3, 0.4) is 0 Å². The quantitative estimate of drug-likeness (QED) is 0.719. The van der Waals surface area contributed by atoms with Gasteiger partial charge in [0.15, 0.2) is 0 Å². The smallest absolute Gasteiger partial charge is 0.337 e. The molecule has 0 spiro atoms. The number of nitrogens with zero attached hydrogens (tertiary/aromatic N) is 1. The second-order valence-corrected chi connectivity index (χ2v) is 7.03. The van der Waals surface area contributed by atoms with Crippen molar-refractivity contribution in [3.63, 3.8) is 0 Å². The van der Waals surface area contributed by atoms with Gasteiger partial charge in [0, 0.05) is 16.7 Å². The number of halogens is 1. The van der Waals surface area contributed by atoms with Crippen molar-refractivity contribution >= 4 is 44.5 Å². The van der Waals surface area contributed by atoms with Crippen LogP contribution in [-0.2, 0) is 14.9 Å². The van der Waals surface area contributed by atoms with E-state index < -0.39 is 16.2 Å². The molecule has 1 fully saturated rings. The molecule has 20 heavy (non-hydrogen) atoms. The second kappa shape index (κ2) is 6.24. The van der Waals surface area contributed by atoms with E-state index in [9.17, 15) is 13.2 Å². The minimum absolute atomic E-state index is 0.0596. The summed E-state index contributed by atoms with van der Waals surface area (Å²) in [4.78, 5) is 11.2. The lowest BCUT2D eigenvalue weighted by molar-refractivity contribution is 0.0697. The predicted molar refractivity (Wildman–Crippen MR) is 81.1 cm³/mol. The summed E-state index contributed by atoms with van der Waals surface area (Å²) < 4.78 is 33.7. The first-order valence-electron chi connectivity index (χ1n) is 5.78. The summed E-state index contributed by atoms with van der Waals surface area (Å²) >= 11 is 1.97. The number of morpholine rings is 1. The fourth-order valence-electron chi connectivity index (χ4n) is 1.77. The van der Waals surface area contributed by atoms with E-state index in [1.165, 1.54) is 16.4 Å². The fraction of sp³-hybridized carbons (Fsp3) is 0.364. The number of hydrogen-bond acceptors (Lipinski definition) is 4. The van der Waals surface area contributed by atoms with Gasteiger partial charge in [-0.05, 0) is 40.8 Å².